The molecule has 0 N–H and O–H groups in total. The van der Waals surface area contributed by atoms with Crippen LogP contribution < -0.4 is 0 Å². The fraction of sp³-hybridized carbons (Fsp3) is 0.826. The number of rotatable bonds is 2. The Morgan fingerprint density at radius 3 is 2.56 bits per heavy atom. The van der Waals surface area contributed by atoms with Crippen LogP contribution in [0.25, 0.3) is 0 Å². The highest BCUT2D eigenvalue weighted by Gasteiger charge is 2.61. The van der Waals surface area contributed by atoms with E-state index in [1.807, 2.05) is 0 Å². The first-order valence-electron chi connectivity index (χ1n) is 10.7. The van der Waals surface area contributed by atoms with E-state index < -0.39 is 0 Å². The quantitative estimate of drug-likeness (QED) is 0.363. The highest BCUT2D eigenvalue weighted by atomic mass is 35.5. The molecule has 4 aliphatic carbocycles. The van der Waals surface area contributed by atoms with Crippen molar-refractivity contribution < 1.29 is 14.3 Å². The topological polar surface area (TPSA) is 43.4 Å². The summed E-state index contributed by atoms with van der Waals surface area (Å²) in [5.74, 6) is 1.98. The summed E-state index contributed by atoms with van der Waals surface area (Å²) in [6.45, 7) is 8.02. The number of ether oxygens (including phenoxy) is 1. The van der Waals surface area contributed by atoms with Gasteiger partial charge in [-0.05, 0) is 74.0 Å². The van der Waals surface area contributed by atoms with Crippen LogP contribution >= 0.6 is 11.6 Å². The molecule has 0 unspecified atom stereocenters. The summed E-state index contributed by atoms with van der Waals surface area (Å²) in [6, 6.07) is 0. The van der Waals surface area contributed by atoms with Gasteiger partial charge in [0.05, 0.1) is 0 Å². The number of hydrogen-bond acceptors (Lipinski definition) is 3. The SMILES string of the molecule is CC(=O)O[C@H]1CC[C@@]2(C)C(=CC[C@H]3[C@@H]4C[C@H](Cl)[C@H](C(C)=O)[C@@]4(C)CC[C@@H]32)C1. The second-order valence-electron chi connectivity index (χ2n) is 10.1. The van der Waals surface area contributed by atoms with Crippen LogP contribution in [0.4, 0.5) is 0 Å². The van der Waals surface area contributed by atoms with Gasteiger partial charge in [-0.3, -0.25) is 9.59 Å². The molecule has 4 heteroatoms. The molecule has 0 aliphatic heterocycles. The lowest BCUT2D eigenvalue weighted by atomic mass is 9.47. The highest BCUT2D eigenvalue weighted by molar-refractivity contribution is 6.22. The molecule has 0 saturated heterocycles. The van der Waals surface area contributed by atoms with Crippen LogP contribution in [0.15, 0.2) is 11.6 Å². The summed E-state index contributed by atoms with van der Waals surface area (Å²) < 4.78 is 5.53. The van der Waals surface area contributed by atoms with E-state index in [-0.39, 0.29) is 40.0 Å². The highest BCUT2D eigenvalue weighted by Crippen LogP contribution is 2.67. The summed E-state index contributed by atoms with van der Waals surface area (Å²) in [5, 5.41) is -0.00543. The molecular formula is C23H33ClO3. The van der Waals surface area contributed by atoms with Gasteiger partial charge in [-0.25, -0.2) is 0 Å². The summed E-state index contributed by atoms with van der Waals surface area (Å²) in [6.07, 6.45) is 9.85. The third kappa shape index (κ3) is 2.91. The Morgan fingerprint density at radius 1 is 1.15 bits per heavy atom. The van der Waals surface area contributed by atoms with E-state index in [0.29, 0.717) is 17.8 Å². The second-order valence-corrected chi connectivity index (χ2v) is 10.7. The third-order valence-electron chi connectivity index (χ3n) is 8.82. The van der Waals surface area contributed by atoms with E-state index >= 15 is 0 Å². The number of esters is 1. The van der Waals surface area contributed by atoms with E-state index in [4.69, 9.17) is 16.3 Å². The third-order valence-corrected chi connectivity index (χ3v) is 9.25. The number of hydrogen-bond donors (Lipinski definition) is 0. The van der Waals surface area contributed by atoms with Crippen LogP contribution in [0.2, 0.25) is 0 Å². The Labute approximate surface area is 168 Å². The van der Waals surface area contributed by atoms with Crippen LogP contribution in [0.3, 0.4) is 0 Å². The fourth-order valence-electron chi connectivity index (χ4n) is 7.65. The lowest BCUT2D eigenvalue weighted by molar-refractivity contribution is -0.149. The molecule has 3 saturated carbocycles. The lowest BCUT2D eigenvalue weighted by Crippen LogP contribution is -2.51. The first kappa shape index (κ1) is 19.5. The zero-order valence-electron chi connectivity index (χ0n) is 17.1. The molecule has 4 aliphatic rings. The normalized spacial score (nSPS) is 48.7. The first-order chi connectivity index (χ1) is 12.7. The molecule has 0 aromatic carbocycles. The fourth-order valence-corrected chi connectivity index (χ4v) is 8.31. The number of halogens is 1. The summed E-state index contributed by atoms with van der Waals surface area (Å²) in [5.41, 5.74) is 1.79. The molecule has 0 amide bonds. The number of carbonyl (C=O) groups excluding carboxylic acids is 2. The Bertz CT molecular complexity index is 685. The van der Waals surface area contributed by atoms with Crippen molar-refractivity contribution in [2.75, 3.05) is 0 Å². The van der Waals surface area contributed by atoms with Crippen molar-refractivity contribution in [3.05, 3.63) is 11.6 Å². The van der Waals surface area contributed by atoms with E-state index in [1.54, 1.807) is 6.92 Å². The number of Topliss-reactive ketones (excluding diaryl/α,β-unsaturated/α-hetero) is 1. The molecule has 0 aromatic heterocycles. The number of allylic oxidation sites excluding steroid dienone is 1. The van der Waals surface area contributed by atoms with Crippen molar-refractivity contribution in [3.63, 3.8) is 0 Å². The molecule has 27 heavy (non-hydrogen) atoms. The predicted octanol–water partition coefficient (Wildman–Crippen LogP) is 5.30. The minimum absolute atomic E-state index is 0.00543. The standard InChI is InChI=1S/C23H33ClO3/c1-13(25)21-20(24)12-19-17-6-5-15-11-16(27-14(2)26)7-9-22(15,3)18(17)8-10-23(19,21)4/h5,16-21H,6-12H2,1-4H3/t16-,17+,18-,19-,20-,21-,22-,23-/m0/s1. The van der Waals surface area contributed by atoms with Gasteiger partial charge in [0.15, 0.2) is 0 Å². The van der Waals surface area contributed by atoms with Crippen LogP contribution in [0.1, 0.15) is 72.6 Å². The van der Waals surface area contributed by atoms with Gasteiger partial charge in [0.2, 0.25) is 0 Å². The van der Waals surface area contributed by atoms with E-state index in [0.717, 1.165) is 38.5 Å². The maximum Gasteiger partial charge on any atom is 0.302 e. The molecule has 0 aromatic rings. The lowest BCUT2D eigenvalue weighted by Gasteiger charge is -2.57. The average Bonchev–Trinajstić information content (AvgIpc) is 2.85. The number of carbonyl (C=O) groups is 2. The molecule has 4 rings (SSSR count). The number of alkyl halides is 1. The Morgan fingerprint density at radius 2 is 1.89 bits per heavy atom. The molecule has 3 nitrogen and oxygen atoms in total. The van der Waals surface area contributed by atoms with E-state index in [9.17, 15) is 9.59 Å². The first-order valence-corrected chi connectivity index (χ1v) is 11.1. The molecular weight excluding hydrogens is 360 g/mol. The summed E-state index contributed by atoms with van der Waals surface area (Å²) >= 11 is 6.72. The van der Waals surface area contributed by atoms with Gasteiger partial charge in [-0.15, -0.1) is 11.6 Å². The van der Waals surface area contributed by atoms with Gasteiger partial charge < -0.3 is 4.74 Å². The maximum atomic E-state index is 12.4. The van der Waals surface area contributed by atoms with E-state index in [1.165, 1.54) is 18.9 Å². The number of ketones is 1. The minimum atomic E-state index is -0.166. The second kappa shape index (κ2) is 6.61. The van der Waals surface area contributed by atoms with Gasteiger partial charge in [-0.1, -0.05) is 25.5 Å². The smallest absolute Gasteiger partial charge is 0.302 e. The van der Waals surface area contributed by atoms with E-state index in [2.05, 4.69) is 19.9 Å². The number of fused-ring (bicyclic) bond motifs is 5. The average molecular weight is 393 g/mol. The Hall–Kier alpha value is -0.830. The molecule has 0 bridgehead atoms. The van der Waals surface area contributed by atoms with Crippen LogP contribution in [0, 0.1) is 34.5 Å². The van der Waals surface area contributed by atoms with Crippen LogP contribution in [0.5, 0.6) is 0 Å². The van der Waals surface area contributed by atoms with Crippen molar-refractivity contribution in [2.24, 2.45) is 34.5 Å². The van der Waals surface area contributed by atoms with Crippen molar-refractivity contribution in [2.45, 2.75) is 84.1 Å². The Balaban J connectivity index is 1.61. The van der Waals surface area contributed by atoms with Gasteiger partial charge in [0, 0.05) is 24.6 Å². The molecule has 3 fully saturated rings. The molecule has 8 atom stereocenters. The van der Waals surface area contributed by atoms with Gasteiger partial charge >= 0.3 is 5.97 Å². The zero-order chi connectivity index (χ0) is 19.6. The van der Waals surface area contributed by atoms with Crippen molar-refractivity contribution in [1.29, 1.82) is 0 Å². The van der Waals surface area contributed by atoms with Crippen molar-refractivity contribution >= 4 is 23.4 Å². The van der Waals surface area contributed by atoms with Gasteiger partial charge in [-0.2, -0.15) is 0 Å². The largest absolute Gasteiger partial charge is 0.462 e. The predicted molar refractivity (Wildman–Crippen MR) is 106 cm³/mol. The summed E-state index contributed by atoms with van der Waals surface area (Å²) in [7, 11) is 0. The molecule has 0 spiro atoms. The van der Waals surface area contributed by atoms with Crippen LogP contribution in [-0.4, -0.2) is 23.2 Å². The van der Waals surface area contributed by atoms with Crippen LogP contribution in [-0.2, 0) is 14.3 Å². The van der Waals surface area contributed by atoms with Crippen molar-refractivity contribution in [1.82, 2.24) is 0 Å². The minimum Gasteiger partial charge on any atom is -0.462 e. The molecule has 0 heterocycles. The monoisotopic (exact) mass is 392 g/mol. The molecule has 150 valence electrons. The maximum absolute atomic E-state index is 12.4. The Kier molecular flexibility index (Phi) is 4.77. The van der Waals surface area contributed by atoms with Gasteiger partial charge in [0.1, 0.15) is 11.9 Å². The molecule has 0 radical (unpaired) electrons. The van der Waals surface area contributed by atoms with Gasteiger partial charge in [0.25, 0.3) is 0 Å². The van der Waals surface area contributed by atoms with Crippen molar-refractivity contribution in [3.8, 4) is 0 Å². The zero-order valence-corrected chi connectivity index (χ0v) is 17.8. The summed E-state index contributed by atoms with van der Waals surface area (Å²) in [4.78, 5) is 23.7.